The number of hydrogen-bond acceptors (Lipinski definition) is 4. The lowest BCUT2D eigenvalue weighted by Crippen LogP contribution is -2.38. The van der Waals surface area contributed by atoms with Crippen LogP contribution < -0.4 is 16.0 Å². The summed E-state index contributed by atoms with van der Waals surface area (Å²) in [7, 11) is 1.69. The van der Waals surface area contributed by atoms with Crippen LogP contribution >= 0.6 is 35.6 Å². The molecule has 0 spiro atoms. The number of aryl methyl sites for hydroxylation is 2. The van der Waals surface area contributed by atoms with Gasteiger partial charge in [0.15, 0.2) is 5.96 Å². The summed E-state index contributed by atoms with van der Waals surface area (Å²) in [5, 5.41) is 14.0. The quantitative estimate of drug-likeness (QED) is 0.270. The molecule has 0 saturated carbocycles. The van der Waals surface area contributed by atoms with E-state index in [4.69, 9.17) is 16.1 Å². The largest absolute Gasteiger partial charge is 0.361 e. The number of rotatable bonds is 8. The highest BCUT2D eigenvalue weighted by atomic mass is 127. The van der Waals surface area contributed by atoms with Crippen LogP contribution in [0.3, 0.4) is 0 Å². The smallest absolute Gasteiger partial charge is 0.226 e. The van der Waals surface area contributed by atoms with Gasteiger partial charge in [-0.3, -0.25) is 9.79 Å². The van der Waals surface area contributed by atoms with Gasteiger partial charge >= 0.3 is 0 Å². The SMILES string of the molecule is CCc1noc(CC)c1CNC(=NC)NCCC(=O)Nc1cccc(Cl)c1C.I. The van der Waals surface area contributed by atoms with Gasteiger partial charge in [-0.1, -0.05) is 36.7 Å². The summed E-state index contributed by atoms with van der Waals surface area (Å²) in [6.07, 6.45) is 1.91. The number of nitrogens with one attached hydrogen (secondary N) is 3. The molecule has 0 saturated heterocycles. The first-order valence-corrected chi connectivity index (χ1v) is 9.83. The average molecular weight is 534 g/mol. The molecule has 1 aromatic carbocycles. The molecule has 1 amide bonds. The second-order valence-electron chi connectivity index (χ2n) is 6.30. The normalized spacial score (nSPS) is 11.0. The lowest BCUT2D eigenvalue weighted by atomic mass is 10.1. The molecule has 3 N–H and O–H groups in total. The Morgan fingerprint density at radius 1 is 1.24 bits per heavy atom. The van der Waals surface area contributed by atoms with Gasteiger partial charge in [-0.25, -0.2) is 0 Å². The van der Waals surface area contributed by atoms with Gasteiger partial charge in [-0.2, -0.15) is 0 Å². The summed E-state index contributed by atoms with van der Waals surface area (Å²) in [4.78, 5) is 16.4. The molecule has 2 rings (SSSR count). The van der Waals surface area contributed by atoms with Gasteiger partial charge in [0, 0.05) is 49.3 Å². The summed E-state index contributed by atoms with van der Waals surface area (Å²) < 4.78 is 5.38. The lowest BCUT2D eigenvalue weighted by molar-refractivity contribution is -0.116. The summed E-state index contributed by atoms with van der Waals surface area (Å²) in [6, 6.07) is 5.45. The number of hydrogen-bond donors (Lipinski definition) is 3. The molecule has 29 heavy (non-hydrogen) atoms. The topological polar surface area (TPSA) is 91.6 Å². The van der Waals surface area contributed by atoms with Crippen molar-refractivity contribution in [1.29, 1.82) is 0 Å². The van der Waals surface area contributed by atoms with Gasteiger partial charge in [-0.15, -0.1) is 24.0 Å². The molecule has 0 bridgehead atoms. The summed E-state index contributed by atoms with van der Waals surface area (Å²) in [5.74, 6) is 1.42. The number of carbonyl (C=O) groups excluding carboxylic acids is 1. The van der Waals surface area contributed by atoms with Crippen LogP contribution in [0.1, 0.15) is 42.8 Å². The average Bonchev–Trinajstić information content (AvgIpc) is 3.10. The number of aliphatic imine (C=N–C) groups is 1. The Morgan fingerprint density at radius 2 is 2.00 bits per heavy atom. The molecule has 0 fully saturated rings. The minimum atomic E-state index is -0.0890. The lowest BCUT2D eigenvalue weighted by Gasteiger charge is -2.13. The first-order valence-electron chi connectivity index (χ1n) is 9.45. The van der Waals surface area contributed by atoms with E-state index in [2.05, 4.69) is 26.1 Å². The van der Waals surface area contributed by atoms with Crippen molar-refractivity contribution in [3.05, 3.63) is 45.8 Å². The molecule has 160 valence electrons. The fraction of sp³-hybridized carbons (Fsp3) is 0.450. The summed E-state index contributed by atoms with van der Waals surface area (Å²) in [5.41, 5.74) is 3.61. The van der Waals surface area contributed by atoms with Crippen molar-refractivity contribution < 1.29 is 9.32 Å². The number of benzene rings is 1. The van der Waals surface area contributed by atoms with Crippen LogP contribution in [0.5, 0.6) is 0 Å². The van der Waals surface area contributed by atoms with Crippen molar-refractivity contribution in [3.8, 4) is 0 Å². The highest BCUT2D eigenvalue weighted by molar-refractivity contribution is 14.0. The molecule has 0 radical (unpaired) electrons. The molecule has 1 aromatic heterocycles. The van der Waals surface area contributed by atoms with Gasteiger partial charge < -0.3 is 20.5 Å². The maximum Gasteiger partial charge on any atom is 0.226 e. The first-order chi connectivity index (χ1) is 13.5. The van der Waals surface area contributed by atoms with E-state index in [1.807, 2.05) is 32.9 Å². The highest BCUT2D eigenvalue weighted by Gasteiger charge is 2.14. The van der Waals surface area contributed by atoms with Gasteiger partial charge in [0.1, 0.15) is 5.76 Å². The van der Waals surface area contributed by atoms with E-state index in [1.165, 1.54) is 0 Å². The third-order valence-corrected chi connectivity index (χ3v) is 4.86. The molecule has 1 heterocycles. The molecule has 2 aromatic rings. The zero-order chi connectivity index (χ0) is 20.5. The van der Waals surface area contributed by atoms with Gasteiger partial charge in [-0.05, 0) is 31.0 Å². The van der Waals surface area contributed by atoms with Crippen LogP contribution in [-0.2, 0) is 24.2 Å². The number of nitrogens with zero attached hydrogens (tertiary/aromatic N) is 2. The predicted octanol–water partition coefficient (Wildman–Crippen LogP) is 4.07. The van der Waals surface area contributed by atoms with Crippen molar-refractivity contribution in [2.45, 2.75) is 46.6 Å². The van der Waals surface area contributed by atoms with E-state index < -0.39 is 0 Å². The van der Waals surface area contributed by atoms with Crippen LogP contribution in [0.25, 0.3) is 0 Å². The van der Waals surface area contributed by atoms with Crippen molar-refractivity contribution in [2.75, 3.05) is 18.9 Å². The standard InChI is InChI=1S/C20H28ClN5O2.HI/c1-5-16-14(18(6-2)28-26-16)12-24-20(22-4)23-11-10-19(27)25-17-9-7-8-15(21)13(17)3;/h7-9H,5-6,10-12H2,1-4H3,(H,25,27)(H2,22,23,24);1H. The number of aromatic nitrogens is 1. The van der Waals surface area contributed by atoms with Crippen molar-refractivity contribution in [3.63, 3.8) is 0 Å². The number of amides is 1. The molecule has 9 heteroatoms. The third kappa shape index (κ3) is 7.18. The predicted molar refractivity (Wildman–Crippen MR) is 128 cm³/mol. The number of carbonyl (C=O) groups is 1. The van der Waals surface area contributed by atoms with Crippen LogP contribution in [0.4, 0.5) is 5.69 Å². The second kappa shape index (κ2) is 12.7. The second-order valence-corrected chi connectivity index (χ2v) is 6.71. The van der Waals surface area contributed by atoms with Crippen LogP contribution in [0.2, 0.25) is 5.02 Å². The summed E-state index contributed by atoms with van der Waals surface area (Å²) >= 11 is 6.08. The summed E-state index contributed by atoms with van der Waals surface area (Å²) in [6.45, 7) is 6.99. The van der Waals surface area contributed by atoms with E-state index >= 15 is 0 Å². The molecule has 0 aliphatic carbocycles. The van der Waals surface area contributed by atoms with Gasteiger partial charge in [0.25, 0.3) is 0 Å². The molecular formula is C20H29ClIN5O2. The molecular weight excluding hydrogens is 505 g/mol. The van der Waals surface area contributed by atoms with Crippen molar-refractivity contribution in [2.24, 2.45) is 4.99 Å². The van der Waals surface area contributed by atoms with Gasteiger partial charge in [0.2, 0.25) is 5.91 Å². The Balaban J connectivity index is 0.00000420. The highest BCUT2D eigenvalue weighted by Crippen LogP contribution is 2.22. The minimum Gasteiger partial charge on any atom is -0.361 e. The third-order valence-electron chi connectivity index (χ3n) is 4.45. The Bertz CT molecular complexity index is 817. The number of guanidine groups is 1. The Morgan fingerprint density at radius 3 is 2.66 bits per heavy atom. The maximum atomic E-state index is 12.2. The zero-order valence-electron chi connectivity index (χ0n) is 17.3. The van der Waals surface area contributed by atoms with Crippen LogP contribution in [0.15, 0.2) is 27.7 Å². The van der Waals surface area contributed by atoms with Crippen LogP contribution in [-0.4, -0.2) is 30.6 Å². The van der Waals surface area contributed by atoms with Gasteiger partial charge in [0.05, 0.1) is 5.69 Å². The van der Waals surface area contributed by atoms with Crippen molar-refractivity contribution >= 4 is 53.1 Å². The molecule has 7 nitrogen and oxygen atoms in total. The zero-order valence-corrected chi connectivity index (χ0v) is 20.4. The number of halogens is 2. The van der Waals surface area contributed by atoms with Crippen LogP contribution in [0, 0.1) is 6.92 Å². The monoisotopic (exact) mass is 533 g/mol. The van der Waals surface area contributed by atoms with E-state index in [9.17, 15) is 4.79 Å². The van der Waals surface area contributed by atoms with Crippen molar-refractivity contribution in [1.82, 2.24) is 15.8 Å². The van der Waals surface area contributed by atoms with E-state index in [0.29, 0.717) is 30.5 Å². The van der Waals surface area contributed by atoms with E-state index in [-0.39, 0.29) is 29.9 Å². The Labute approximate surface area is 194 Å². The fourth-order valence-electron chi connectivity index (χ4n) is 2.78. The van der Waals surface area contributed by atoms with E-state index in [1.54, 1.807) is 13.1 Å². The van der Waals surface area contributed by atoms with E-state index in [0.717, 1.165) is 41.1 Å². The minimum absolute atomic E-state index is 0. The molecule has 0 aliphatic heterocycles. The Hall–Kier alpha value is -1.81. The molecule has 0 aliphatic rings. The number of anilines is 1. The molecule has 0 unspecified atom stereocenters. The first kappa shape index (κ1) is 25.2. The maximum absolute atomic E-state index is 12.2. The Kier molecular flexibility index (Phi) is 11.0. The fourth-order valence-corrected chi connectivity index (χ4v) is 2.96. The molecule has 0 atom stereocenters.